The Hall–Kier alpha value is -0.650. The maximum absolute atomic E-state index is 12.2. The summed E-state index contributed by atoms with van der Waals surface area (Å²) in [6.07, 6.45) is 8.56. The van der Waals surface area contributed by atoms with Crippen molar-refractivity contribution in [3.63, 3.8) is 0 Å². The van der Waals surface area contributed by atoms with Crippen molar-refractivity contribution >= 4 is 5.97 Å². The van der Waals surface area contributed by atoms with E-state index in [0.29, 0.717) is 12.0 Å². The minimum absolute atomic E-state index is 0.111. The van der Waals surface area contributed by atoms with Crippen LogP contribution in [0.1, 0.15) is 72.1 Å². The van der Waals surface area contributed by atoms with E-state index in [9.17, 15) is 4.79 Å². The van der Waals surface area contributed by atoms with Crippen LogP contribution in [0.2, 0.25) is 0 Å². The molecule has 1 aliphatic carbocycles. The summed E-state index contributed by atoms with van der Waals surface area (Å²) in [5.41, 5.74) is -0.414. The van der Waals surface area contributed by atoms with Gasteiger partial charge in [0, 0.05) is 33.1 Å². The molecule has 1 saturated carbocycles. The van der Waals surface area contributed by atoms with Crippen LogP contribution < -0.4 is 5.32 Å². The van der Waals surface area contributed by atoms with Gasteiger partial charge in [0.05, 0.1) is 0 Å². The number of carbonyl (C=O) groups excluding carboxylic acids is 1. The van der Waals surface area contributed by atoms with Gasteiger partial charge in [0.1, 0.15) is 11.6 Å². The average Bonchev–Trinajstić information content (AvgIpc) is 3.00. The lowest BCUT2D eigenvalue weighted by atomic mass is 9.81. The summed E-state index contributed by atoms with van der Waals surface area (Å²) in [4.78, 5) is 12.2. The van der Waals surface area contributed by atoms with Gasteiger partial charge >= 0.3 is 5.97 Å². The molecule has 140 valence electrons. The van der Waals surface area contributed by atoms with Crippen molar-refractivity contribution in [2.75, 3.05) is 14.2 Å². The number of methoxy groups -OCH3 is 2. The fourth-order valence-corrected chi connectivity index (χ4v) is 4.05. The van der Waals surface area contributed by atoms with Crippen molar-refractivity contribution in [2.24, 2.45) is 5.92 Å². The second kappa shape index (κ2) is 8.15. The molecular weight excluding hydrogens is 306 g/mol. The number of nitrogens with one attached hydrogen (secondary N) is 1. The molecule has 0 bridgehead atoms. The third-order valence-electron chi connectivity index (χ3n) is 5.37. The lowest BCUT2D eigenvalue weighted by molar-refractivity contribution is -0.231. The molecule has 1 N–H and O–H groups in total. The molecule has 0 aromatic carbocycles. The van der Waals surface area contributed by atoms with E-state index in [4.69, 9.17) is 14.2 Å². The largest absolute Gasteiger partial charge is 0.459 e. The molecule has 2 rings (SSSR count). The number of rotatable bonds is 6. The maximum Gasteiger partial charge on any atom is 0.323 e. The molecule has 1 saturated heterocycles. The topological polar surface area (TPSA) is 56.8 Å². The van der Waals surface area contributed by atoms with Crippen LogP contribution >= 0.6 is 0 Å². The molecule has 5 heteroatoms. The Labute approximate surface area is 146 Å². The van der Waals surface area contributed by atoms with Crippen LogP contribution in [0.15, 0.2) is 0 Å². The zero-order valence-corrected chi connectivity index (χ0v) is 16.0. The second-order valence-electron chi connectivity index (χ2n) is 8.39. The van der Waals surface area contributed by atoms with Crippen LogP contribution in [0.4, 0.5) is 0 Å². The van der Waals surface area contributed by atoms with E-state index >= 15 is 0 Å². The Morgan fingerprint density at radius 1 is 1.12 bits per heavy atom. The van der Waals surface area contributed by atoms with E-state index < -0.39 is 5.60 Å². The second-order valence-corrected chi connectivity index (χ2v) is 8.39. The molecule has 1 aliphatic heterocycles. The van der Waals surface area contributed by atoms with Gasteiger partial charge in [-0.2, -0.15) is 0 Å². The summed E-state index contributed by atoms with van der Waals surface area (Å²) in [7, 11) is 3.49. The zero-order valence-electron chi connectivity index (χ0n) is 16.0. The number of hydrogen-bond acceptors (Lipinski definition) is 5. The lowest BCUT2D eigenvalue weighted by Gasteiger charge is -2.38. The highest BCUT2D eigenvalue weighted by atomic mass is 16.7. The van der Waals surface area contributed by atoms with Crippen molar-refractivity contribution in [2.45, 2.75) is 95.6 Å². The van der Waals surface area contributed by atoms with Crippen LogP contribution in [0, 0.1) is 5.92 Å². The summed E-state index contributed by atoms with van der Waals surface area (Å²) in [5, 5.41) is 3.46. The monoisotopic (exact) mass is 341 g/mol. The van der Waals surface area contributed by atoms with Gasteiger partial charge in [0.25, 0.3) is 0 Å². The summed E-state index contributed by atoms with van der Waals surface area (Å²) >= 11 is 0. The van der Waals surface area contributed by atoms with Gasteiger partial charge in [0.15, 0.2) is 5.79 Å². The van der Waals surface area contributed by atoms with Crippen molar-refractivity contribution in [1.29, 1.82) is 0 Å². The Morgan fingerprint density at radius 3 is 2.46 bits per heavy atom. The quantitative estimate of drug-likeness (QED) is 0.593. The molecule has 0 radical (unpaired) electrons. The zero-order chi connectivity index (χ0) is 17.8. The molecule has 2 aliphatic rings. The third-order valence-corrected chi connectivity index (χ3v) is 5.37. The smallest absolute Gasteiger partial charge is 0.323 e. The van der Waals surface area contributed by atoms with E-state index in [-0.39, 0.29) is 17.8 Å². The van der Waals surface area contributed by atoms with Crippen LogP contribution in [0.5, 0.6) is 0 Å². The molecule has 5 nitrogen and oxygen atoms in total. The highest BCUT2D eigenvalue weighted by Gasteiger charge is 2.37. The standard InChI is InChI=1S/C19H35NO4/c1-18(2,3)24-17(21)16-11-10-15(20-16)9-8-14-7-6-12-19(13-14,22-4)23-5/h14-16,20H,6-13H2,1-5H3/t14?,15-,16-/m1/s1. The minimum Gasteiger partial charge on any atom is -0.459 e. The lowest BCUT2D eigenvalue weighted by Crippen LogP contribution is -2.41. The fraction of sp³-hybridized carbons (Fsp3) is 0.947. The molecule has 3 atom stereocenters. The fourth-order valence-electron chi connectivity index (χ4n) is 4.05. The average molecular weight is 341 g/mol. The maximum atomic E-state index is 12.2. The number of ether oxygens (including phenoxy) is 3. The number of carbonyl (C=O) groups is 1. The van der Waals surface area contributed by atoms with Crippen LogP contribution in [-0.2, 0) is 19.0 Å². The Kier molecular flexibility index (Phi) is 6.68. The van der Waals surface area contributed by atoms with Crippen LogP contribution in [0.3, 0.4) is 0 Å². The molecule has 2 fully saturated rings. The summed E-state index contributed by atoms with van der Waals surface area (Å²) in [5.74, 6) is 0.145. The van der Waals surface area contributed by atoms with Gasteiger partial charge in [0.2, 0.25) is 0 Å². The molecule has 0 aromatic heterocycles. The van der Waals surface area contributed by atoms with Crippen molar-refractivity contribution < 1.29 is 19.0 Å². The molecule has 24 heavy (non-hydrogen) atoms. The van der Waals surface area contributed by atoms with Crippen molar-refractivity contribution in [1.82, 2.24) is 5.32 Å². The first-order valence-electron chi connectivity index (χ1n) is 9.36. The van der Waals surface area contributed by atoms with Crippen LogP contribution in [-0.4, -0.2) is 43.7 Å². The van der Waals surface area contributed by atoms with Crippen molar-refractivity contribution in [3.05, 3.63) is 0 Å². The van der Waals surface area contributed by atoms with E-state index in [2.05, 4.69) is 5.32 Å². The molecule has 1 heterocycles. The predicted octanol–water partition coefficient (Wildman–Crippen LogP) is 3.41. The first-order valence-corrected chi connectivity index (χ1v) is 9.36. The third kappa shape index (κ3) is 5.43. The first-order chi connectivity index (χ1) is 11.3. The van der Waals surface area contributed by atoms with E-state index in [0.717, 1.165) is 44.9 Å². The Morgan fingerprint density at radius 2 is 1.83 bits per heavy atom. The van der Waals surface area contributed by atoms with E-state index in [1.54, 1.807) is 14.2 Å². The van der Waals surface area contributed by atoms with E-state index in [1.807, 2.05) is 20.8 Å². The Bertz CT molecular complexity index is 414. The predicted molar refractivity (Wildman–Crippen MR) is 93.7 cm³/mol. The highest BCUT2D eigenvalue weighted by molar-refractivity contribution is 5.76. The van der Waals surface area contributed by atoms with Crippen molar-refractivity contribution in [3.8, 4) is 0 Å². The first kappa shape index (κ1) is 19.7. The molecule has 1 unspecified atom stereocenters. The number of hydrogen-bond donors (Lipinski definition) is 1. The normalized spacial score (nSPS) is 30.3. The highest BCUT2D eigenvalue weighted by Crippen LogP contribution is 2.38. The van der Waals surface area contributed by atoms with Gasteiger partial charge < -0.3 is 19.5 Å². The minimum atomic E-state index is -0.414. The number of esters is 1. The van der Waals surface area contributed by atoms with Gasteiger partial charge in [-0.3, -0.25) is 4.79 Å². The van der Waals surface area contributed by atoms with E-state index in [1.165, 1.54) is 6.42 Å². The van der Waals surface area contributed by atoms with Gasteiger partial charge in [-0.25, -0.2) is 0 Å². The summed E-state index contributed by atoms with van der Waals surface area (Å²) in [6, 6.07) is 0.279. The van der Waals surface area contributed by atoms with Gasteiger partial charge in [-0.1, -0.05) is 6.42 Å². The molecule has 0 amide bonds. The Balaban J connectivity index is 1.75. The van der Waals surface area contributed by atoms with Gasteiger partial charge in [-0.15, -0.1) is 0 Å². The molecule has 0 aromatic rings. The molecular formula is C19H35NO4. The van der Waals surface area contributed by atoms with Crippen LogP contribution in [0.25, 0.3) is 0 Å². The van der Waals surface area contributed by atoms with Gasteiger partial charge in [-0.05, 0) is 58.8 Å². The molecule has 0 spiro atoms. The summed E-state index contributed by atoms with van der Waals surface area (Å²) in [6.45, 7) is 5.74. The SMILES string of the molecule is COC1(OC)CCCC(CC[C@@H]2CC[C@H](C(=O)OC(C)(C)C)N2)C1. The summed E-state index contributed by atoms with van der Waals surface area (Å²) < 4.78 is 16.7.